The van der Waals surface area contributed by atoms with Crippen molar-refractivity contribution in [1.82, 2.24) is 0 Å². The quantitative estimate of drug-likeness (QED) is 0.895. The van der Waals surface area contributed by atoms with E-state index in [1.807, 2.05) is 19.9 Å². The number of hydrogen-bond acceptors (Lipinski definition) is 3. The van der Waals surface area contributed by atoms with Gasteiger partial charge in [0.25, 0.3) is 0 Å². The van der Waals surface area contributed by atoms with E-state index in [4.69, 9.17) is 14.9 Å². The molecule has 1 atom stereocenters. The second-order valence-corrected chi connectivity index (χ2v) is 4.76. The van der Waals surface area contributed by atoms with Crippen molar-refractivity contribution in [2.45, 2.75) is 38.3 Å². The summed E-state index contributed by atoms with van der Waals surface area (Å²) in [5.74, 6) is 0.192. The van der Waals surface area contributed by atoms with Crippen molar-refractivity contribution in [2.75, 3.05) is 7.11 Å². The highest BCUT2D eigenvalue weighted by atomic mass is 19.1. The summed E-state index contributed by atoms with van der Waals surface area (Å²) in [4.78, 5) is 0. The fourth-order valence-corrected chi connectivity index (χ4v) is 2.57. The normalized spacial score (nSPS) is 13.9. The SMILES string of the molecule is CCC(CC)(OC)C(N)c1cc2cccc(F)c2o1. The Balaban J connectivity index is 2.46. The van der Waals surface area contributed by atoms with Crippen LogP contribution >= 0.6 is 0 Å². The van der Waals surface area contributed by atoms with Crippen molar-refractivity contribution in [2.24, 2.45) is 5.73 Å². The summed E-state index contributed by atoms with van der Waals surface area (Å²) < 4.78 is 24.8. The standard InChI is InChI=1S/C15H20FNO2/c1-4-15(5-2,18-3)14(17)12-9-10-7-6-8-11(16)13(10)19-12/h6-9,14H,4-5,17H2,1-3H3. The summed E-state index contributed by atoms with van der Waals surface area (Å²) in [6, 6.07) is 6.22. The largest absolute Gasteiger partial charge is 0.456 e. The zero-order chi connectivity index (χ0) is 14.0. The van der Waals surface area contributed by atoms with Crippen molar-refractivity contribution in [1.29, 1.82) is 0 Å². The first-order valence-electron chi connectivity index (χ1n) is 6.56. The third-order valence-electron chi connectivity index (χ3n) is 3.99. The number of fused-ring (bicyclic) bond motifs is 1. The van der Waals surface area contributed by atoms with Crippen molar-refractivity contribution >= 4 is 11.0 Å². The molecule has 0 amide bonds. The predicted molar refractivity (Wildman–Crippen MR) is 73.4 cm³/mol. The molecule has 2 N–H and O–H groups in total. The fraction of sp³-hybridized carbons (Fsp3) is 0.467. The highest BCUT2D eigenvalue weighted by Gasteiger charge is 2.36. The van der Waals surface area contributed by atoms with Gasteiger partial charge in [-0.3, -0.25) is 0 Å². The van der Waals surface area contributed by atoms with Gasteiger partial charge in [-0.2, -0.15) is 0 Å². The molecule has 0 fully saturated rings. The molecular formula is C15H20FNO2. The average molecular weight is 265 g/mol. The summed E-state index contributed by atoms with van der Waals surface area (Å²) in [5, 5.41) is 0.725. The van der Waals surface area contributed by atoms with E-state index in [0.717, 1.165) is 18.2 Å². The molecule has 0 spiro atoms. The van der Waals surface area contributed by atoms with E-state index < -0.39 is 11.6 Å². The molecule has 2 aromatic rings. The van der Waals surface area contributed by atoms with Crippen LogP contribution in [0.15, 0.2) is 28.7 Å². The van der Waals surface area contributed by atoms with Crippen LogP contribution in [0.4, 0.5) is 4.39 Å². The molecule has 2 rings (SSSR count). The highest BCUT2D eigenvalue weighted by Crippen LogP contribution is 2.35. The zero-order valence-corrected chi connectivity index (χ0v) is 11.6. The van der Waals surface area contributed by atoms with Gasteiger partial charge in [0.15, 0.2) is 11.4 Å². The molecule has 1 aromatic carbocycles. The van der Waals surface area contributed by atoms with Gasteiger partial charge < -0.3 is 14.9 Å². The molecular weight excluding hydrogens is 245 g/mol. The number of methoxy groups -OCH3 is 1. The van der Waals surface area contributed by atoms with Gasteiger partial charge in [0.1, 0.15) is 5.76 Å². The average Bonchev–Trinajstić information content (AvgIpc) is 2.86. The molecule has 4 heteroatoms. The highest BCUT2D eigenvalue weighted by molar-refractivity contribution is 5.78. The van der Waals surface area contributed by atoms with Crippen molar-refractivity contribution in [3.63, 3.8) is 0 Å². The van der Waals surface area contributed by atoms with Crippen LogP contribution in [-0.2, 0) is 4.74 Å². The molecule has 0 saturated heterocycles. The summed E-state index contributed by atoms with van der Waals surface area (Å²) >= 11 is 0. The summed E-state index contributed by atoms with van der Waals surface area (Å²) in [6.45, 7) is 4.05. The van der Waals surface area contributed by atoms with Crippen LogP contribution in [0.3, 0.4) is 0 Å². The van der Waals surface area contributed by atoms with Crippen LogP contribution in [-0.4, -0.2) is 12.7 Å². The maximum absolute atomic E-state index is 13.6. The number of nitrogens with two attached hydrogens (primary N) is 1. The van der Waals surface area contributed by atoms with Crippen LogP contribution in [0.1, 0.15) is 38.5 Å². The van der Waals surface area contributed by atoms with E-state index in [1.54, 1.807) is 19.2 Å². The number of hydrogen-bond donors (Lipinski definition) is 1. The Hall–Kier alpha value is -1.39. The first-order valence-corrected chi connectivity index (χ1v) is 6.56. The van der Waals surface area contributed by atoms with Crippen molar-refractivity contribution < 1.29 is 13.5 Å². The molecule has 0 aliphatic rings. The molecule has 0 radical (unpaired) electrons. The maximum Gasteiger partial charge on any atom is 0.169 e. The lowest BCUT2D eigenvalue weighted by Crippen LogP contribution is -2.41. The summed E-state index contributed by atoms with van der Waals surface area (Å²) in [6.07, 6.45) is 1.53. The van der Waals surface area contributed by atoms with Gasteiger partial charge in [-0.05, 0) is 25.0 Å². The van der Waals surface area contributed by atoms with E-state index in [-0.39, 0.29) is 11.4 Å². The minimum absolute atomic E-state index is 0.255. The Morgan fingerprint density at radius 1 is 1.37 bits per heavy atom. The number of ether oxygens (including phenoxy) is 1. The molecule has 0 aliphatic carbocycles. The van der Waals surface area contributed by atoms with Gasteiger partial charge in [-0.1, -0.05) is 26.0 Å². The monoisotopic (exact) mass is 265 g/mol. The fourth-order valence-electron chi connectivity index (χ4n) is 2.57. The van der Waals surface area contributed by atoms with E-state index in [2.05, 4.69) is 0 Å². The Morgan fingerprint density at radius 2 is 2.05 bits per heavy atom. The lowest BCUT2D eigenvalue weighted by Gasteiger charge is -2.34. The van der Waals surface area contributed by atoms with Crippen molar-refractivity contribution in [3.8, 4) is 0 Å². The summed E-state index contributed by atoms with van der Waals surface area (Å²) in [5.41, 5.74) is 6.05. The molecule has 1 unspecified atom stereocenters. The Labute approximate surface area is 112 Å². The van der Waals surface area contributed by atoms with Gasteiger partial charge in [-0.15, -0.1) is 0 Å². The maximum atomic E-state index is 13.6. The van der Waals surface area contributed by atoms with Crippen LogP contribution in [0.5, 0.6) is 0 Å². The Bertz CT molecular complexity index is 552. The molecule has 0 bridgehead atoms. The van der Waals surface area contributed by atoms with Gasteiger partial charge in [0.2, 0.25) is 0 Å². The van der Waals surface area contributed by atoms with Gasteiger partial charge in [0, 0.05) is 12.5 Å². The molecule has 19 heavy (non-hydrogen) atoms. The first-order chi connectivity index (χ1) is 9.07. The minimum atomic E-state index is -0.482. The predicted octanol–water partition coefficient (Wildman–Crippen LogP) is 3.78. The topological polar surface area (TPSA) is 48.4 Å². The second kappa shape index (κ2) is 5.31. The minimum Gasteiger partial charge on any atom is -0.456 e. The van der Waals surface area contributed by atoms with Crippen LogP contribution in [0, 0.1) is 5.82 Å². The smallest absolute Gasteiger partial charge is 0.169 e. The molecule has 1 aromatic heterocycles. The third-order valence-corrected chi connectivity index (χ3v) is 3.99. The zero-order valence-electron chi connectivity index (χ0n) is 11.6. The van der Waals surface area contributed by atoms with Crippen LogP contribution < -0.4 is 5.73 Å². The lowest BCUT2D eigenvalue weighted by molar-refractivity contribution is -0.0429. The van der Waals surface area contributed by atoms with Crippen molar-refractivity contribution in [3.05, 3.63) is 35.8 Å². The van der Waals surface area contributed by atoms with E-state index in [1.165, 1.54) is 6.07 Å². The lowest BCUT2D eigenvalue weighted by atomic mass is 9.87. The second-order valence-electron chi connectivity index (χ2n) is 4.76. The molecule has 0 aliphatic heterocycles. The Kier molecular flexibility index (Phi) is 3.92. The molecule has 104 valence electrons. The van der Waals surface area contributed by atoms with Crippen LogP contribution in [0.2, 0.25) is 0 Å². The number of halogens is 1. The molecule has 1 heterocycles. The molecule has 3 nitrogen and oxygen atoms in total. The molecule has 0 saturated carbocycles. The van der Waals surface area contributed by atoms with Gasteiger partial charge >= 0.3 is 0 Å². The van der Waals surface area contributed by atoms with E-state index in [0.29, 0.717) is 5.76 Å². The number of rotatable bonds is 5. The number of para-hydroxylation sites is 1. The van der Waals surface area contributed by atoms with Crippen LogP contribution in [0.25, 0.3) is 11.0 Å². The number of benzene rings is 1. The summed E-state index contributed by atoms with van der Waals surface area (Å²) in [7, 11) is 1.65. The van der Waals surface area contributed by atoms with E-state index >= 15 is 0 Å². The Morgan fingerprint density at radius 3 is 2.58 bits per heavy atom. The van der Waals surface area contributed by atoms with Gasteiger partial charge in [0.05, 0.1) is 11.6 Å². The van der Waals surface area contributed by atoms with E-state index in [9.17, 15) is 4.39 Å². The first kappa shape index (κ1) is 14.0. The number of furan rings is 1. The third kappa shape index (κ3) is 2.26. The van der Waals surface area contributed by atoms with Gasteiger partial charge in [-0.25, -0.2) is 4.39 Å².